The lowest BCUT2D eigenvalue weighted by molar-refractivity contribution is 0.321. The molecule has 0 spiro atoms. The largest absolute Gasteiger partial charge is 0.504 e. The molecule has 1 aliphatic carbocycles. The summed E-state index contributed by atoms with van der Waals surface area (Å²) in [6, 6.07) is 0. The zero-order valence-corrected chi connectivity index (χ0v) is 7.99. The topological polar surface area (TPSA) is 52.8 Å². The van der Waals surface area contributed by atoms with Gasteiger partial charge in [-0.15, -0.1) is 0 Å². The van der Waals surface area contributed by atoms with E-state index in [4.69, 9.17) is 0 Å². The van der Waals surface area contributed by atoms with Gasteiger partial charge in [-0.1, -0.05) is 13.3 Å². The molecule has 3 nitrogen and oxygen atoms in total. The van der Waals surface area contributed by atoms with Crippen LogP contribution in [0.3, 0.4) is 0 Å². The van der Waals surface area contributed by atoms with Crippen molar-refractivity contribution in [1.82, 2.24) is 0 Å². The molecule has 0 saturated heterocycles. The van der Waals surface area contributed by atoms with Crippen molar-refractivity contribution in [2.45, 2.75) is 19.8 Å². The van der Waals surface area contributed by atoms with Crippen LogP contribution in [0.1, 0.15) is 19.8 Å². The summed E-state index contributed by atoms with van der Waals surface area (Å²) in [7, 11) is 1.69. The summed E-state index contributed by atoms with van der Waals surface area (Å²) in [6.45, 7) is 2.08. The van der Waals surface area contributed by atoms with Crippen molar-refractivity contribution in [2.75, 3.05) is 7.05 Å². The fourth-order valence-corrected chi connectivity index (χ4v) is 1.45. The minimum atomic E-state index is -0.0899. The highest BCUT2D eigenvalue weighted by Gasteiger charge is 2.18. The lowest BCUT2D eigenvalue weighted by Gasteiger charge is -2.17. The number of aliphatic imine (C=N–C) groups is 1. The molecular formula is C10H15NO2. The first-order chi connectivity index (χ1) is 6.19. The van der Waals surface area contributed by atoms with E-state index in [1.165, 1.54) is 6.08 Å². The maximum atomic E-state index is 9.28. The van der Waals surface area contributed by atoms with Crippen LogP contribution in [0.15, 0.2) is 28.7 Å². The maximum Gasteiger partial charge on any atom is 0.158 e. The van der Waals surface area contributed by atoms with Crippen LogP contribution in [-0.2, 0) is 0 Å². The van der Waals surface area contributed by atoms with Crippen molar-refractivity contribution in [1.29, 1.82) is 0 Å². The third-order valence-corrected chi connectivity index (χ3v) is 2.14. The van der Waals surface area contributed by atoms with Gasteiger partial charge in [0.05, 0.1) is 0 Å². The number of allylic oxidation sites excluding steroid dienone is 2. The summed E-state index contributed by atoms with van der Waals surface area (Å²) >= 11 is 0. The Bertz CT molecular complexity index is 277. The van der Waals surface area contributed by atoms with E-state index in [2.05, 4.69) is 11.9 Å². The van der Waals surface area contributed by atoms with Crippen LogP contribution in [0.5, 0.6) is 0 Å². The van der Waals surface area contributed by atoms with Gasteiger partial charge >= 0.3 is 0 Å². The summed E-state index contributed by atoms with van der Waals surface area (Å²) in [4.78, 5) is 4.06. The van der Waals surface area contributed by atoms with E-state index in [0.717, 1.165) is 18.6 Å². The predicted molar refractivity (Wildman–Crippen MR) is 53.2 cm³/mol. The first-order valence-corrected chi connectivity index (χ1v) is 4.47. The Morgan fingerprint density at radius 3 is 2.62 bits per heavy atom. The lowest BCUT2D eigenvalue weighted by Crippen LogP contribution is -2.16. The number of aliphatic hydroxyl groups excluding tert-OH is 2. The number of aliphatic hydroxyl groups is 2. The Balaban J connectivity index is 2.87. The molecule has 2 N–H and O–H groups in total. The van der Waals surface area contributed by atoms with Gasteiger partial charge in [-0.2, -0.15) is 0 Å². The Labute approximate surface area is 78.1 Å². The third-order valence-electron chi connectivity index (χ3n) is 2.14. The first kappa shape index (κ1) is 9.84. The Hall–Kier alpha value is -1.25. The summed E-state index contributed by atoms with van der Waals surface area (Å²) in [5.74, 6) is 0.0182. The number of nitrogens with zero attached hydrogens (tertiary/aromatic N) is 1. The van der Waals surface area contributed by atoms with Crippen LogP contribution in [0.2, 0.25) is 0 Å². The van der Waals surface area contributed by atoms with Crippen LogP contribution >= 0.6 is 0 Å². The highest BCUT2D eigenvalue weighted by Crippen LogP contribution is 2.21. The fourth-order valence-electron chi connectivity index (χ4n) is 1.45. The van der Waals surface area contributed by atoms with E-state index < -0.39 is 0 Å². The van der Waals surface area contributed by atoms with E-state index in [1.807, 2.05) is 0 Å². The van der Waals surface area contributed by atoms with Gasteiger partial charge in [-0.05, 0) is 12.5 Å². The van der Waals surface area contributed by atoms with Crippen LogP contribution in [0.4, 0.5) is 0 Å². The Kier molecular flexibility index (Phi) is 3.12. The highest BCUT2D eigenvalue weighted by atomic mass is 16.3. The minimum Gasteiger partial charge on any atom is -0.504 e. The molecule has 0 aromatic heterocycles. The van der Waals surface area contributed by atoms with Crippen LogP contribution in [0, 0.1) is 5.92 Å². The average molecular weight is 181 g/mol. The van der Waals surface area contributed by atoms with E-state index in [-0.39, 0.29) is 17.4 Å². The van der Waals surface area contributed by atoms with Crippen molar-refractivity contribution >= 4 is 5.71 Å². The molecule has 0 fully saturated rings. The summed E-state index contributed by atoms with van der Waals surface area (Å²) in [6.07, 6.45) is 5.15. The molecule has 0 heterocycles. The van der Waals surface area contributed by atoms with E-state index >= 15 is 0 Å². The van der Waals surface area contributed by atoms with Crippen molar-refractivity contribution in [2.24, 2.45) is 10.9 Å². The molecule has 72 valence electrons. The van der Waals surface area contributed by atoms with Gasteiger partial charge in [0.1, 0.15) is 0 Å². The Morgan fingerprint density at radius 1 is 1.38 bits per heavy atom. The van der Waals surface area contributed by atoms with Crippen molar-refractivity contribution in [3.63, 3.8) is 0 Å². The monoisotopic (exact) mass is 181 g/mol. The van der Waals surface area contributed by atoms with Gasteiger partial charge in [0.15, 0.2) is 11.5 Å². The maximum absolute atomic E-state index is 9.28. The molecule has 0 aromatic carbocycles. The van der Waals surface area contributed by atoms with E-state index in [0.29, 0.717) is 0 Å². The lowest BCUT2D eigenvalue weighted by atomic mass is 9.92. The smallest absolute Gasteiger partial charge is 0.158 e. The standard InChI is InChI=1S/C10H15NO2/c1-3-4-7-5-9(12)10(13)6-8(7)11-2/h5-7,12-13H,3-4H2,1-2H3/b11-8-. The Morgan fingerprint density at radius 2 is 2.08 bits per heavy atom. The van der Waals surface area contributed by atoms with Gasteiger partial charge in [-0.25, -0.2) is 0 Å². The van der Waals surface area contributed by atoms with Crippen molar-refractivity contribution < 1.29 is 10.2 Å². The normalized spacial score (nSPS) is 25.7. The van der Waals surface area contributed by atoms with Gasteiger partial charge in [0.25, 0.3) is 0 Å². The van der Waals surface area contributed by atoms with Crippen LogP contribution in [0.25, 0.3) is 0 Å². The molecule has 0 saturated carbocycles. The molecular weight excluding hydrogens is 166 g/mol. The van der Waals surface area contributed by atoms with Gasteiger partial charge < -0.3 is 10.2 Å². The fraction of sp³-hybridized carbons (Fsp3) is 0.500. The molecule has 1 unspecified atom stereocenters. The summed E-state index contributed by atoms with van der Waals surface area (Å²) < 4.78 is 0. The van der Waals surface area contributed by atoms with E-state index in [9.17, 15) is 10.2 Å². The second-order valence-electron chi connectivity index (χ2n) is 3.13. The van der Waals surface area contributed by atoms with Crippen molar-refractivity contribution in [3.8, 4) is 0 Å². The van der Waals surface area contributed by atoms with Crippen LogP contribution in [-0.4, -0.2) is 23.0 Å². The molecule has 1 aliphatic rings. The molecule has 1 atom stereocenters. The quantitative estimate of drug-likeness (QED) is 0.687. The first-order valence-electron chi connectivity index (χ1n) is 4.47. The van der Waals surface area contributed by atoms with Crippen LogP contribution < -0.4 is 0 Å². The molecule has 1 rings (SSSR count). The molecule has 0 radical (unpaired) electrons. The minimum absolute atomic E-state index is 0.0362. The molecule has 0 aromatic rings. The zero-order chi connectivity index (χ0) is 9.84. The summed E-state index contributed by atoms with van der Waals surface area (Å²) in [5.41, 5.74) is 0.831. The van der Waals surface area contributed by atoms with E-state index in [1.54, 1.807) is 13.1 Å². The predicted octanol–water partition coefficient (Wildman–Crippen LogP) is 2.37. The molecule has 0 amide bonds. The molecule has 13 heavy (non-hydrogen) atoms. The molecule has 0 bridgehead atoms. The SMILES string of the molecule is CCCC1C=C(O)C(O)=C/C1=N/C. The molecule has 3 heteroatoms. The number of rotatable bonds is 2. The highest BCUT2D eigenvalue weighted by molar-refractivity contribution is 5.99. The number of hydrogen-bond acceptors (Lipinski definition) is 3. The van der Waals surface area contributed by atoms with Gasteiger partial charge in [-0.3, -0.25) is 4.99 Å². The third kappa shape index (κ3) is 2.11. The van der Waals surface area contributed by atoms with Crippen molar-refractivity contribution in [3.05, 3.63) is 23.7 Å². The second kappa shape index (κ2) is 4.12. The van der Waals surface area contributed by atoms with Gasteiger partial charge in [0, 0.05) is 24.8 Å². The van der Waals surface area contributed by atoms with Gasteiger partial charge in [0.2, 0.25) is 0 Å². The summed E-state index contributed by atoms with van der Waals surface area (Å²) in [5, 5.41) is 18.5. The molecule has 0 aliphatic heterocycles. The average Bonchev–Trinajstić information content (AvgIpc) is 2.11. The zero-order valence-electron chi connectivity index (χ0n) is 7.99. The number of hydrogen-bond donors (Lipinski definition) is 2. The second-order valence-corrected chi connectivity index (χ2v) is 3.13.